The SMILES string of the molecule is [O-]C(=Nc1c[n+](N2CCOCC2)no1)O[C@H]1OC(CO)[C@H](O)[C@H](O)C1O. The quantitative estimate of drug-likeness (QED) is 0.225. The standard InChI is InChI=1S/C13H20N4O9/c18-6-7-9(19)10(20)11(21)12(24-7)25-13(22)14-8-5-17(15-26-8)16-1-3-23-4-2-16/h5,7,9-12,18-21H,1-4,6H2/t7?,9-,10-,11?,12+/m0/s1. The maximum atomic E-state index is 11.9. The fourth-order valence-electron chi connectivity index (χ4n) is 2.55. The summed E-state index contributed by atoms with van der Waals surface area (Å²) < 4.78 is 20.0. The number of rotatable bonds is 4. The van der Waals surface area contributed by atoms with Gasteiger partial charge < -0.3 is 39.7 Å². The first-order valence-electron chi connectivity index (χ1n) is 7.94. The second-order valence-electron chi connectivity index (χ2n) is 5.72. The fourth-order valence-corrected chi connectivity index (χ4v) is 2.55. The Morgan fingerprint density at radius 3 is 2.73 bits per heavy atom. The summed E-state index contributed by atoms with van der Waals surface area (Å²) in [6, 6.07) is 0. The van der Waals surface area contributed by atoms with E-state index < -0.39 is 43.4 Å². The smallest absolute Gasteiger partial charge is 0.326 e. The maximum absolute atomic E-state index is 11.9. The lowest BCUT2D eigenvalue weighted by molar-refractivity contribution is -0.759. The summed E-state index contributed by atoms with van der Waals surface area (Å²) in [6.07, 6.45) is -7.54. The second-order valence-corrected chi connectivity index (χ2v) is 5.72. The molecule has 3 rings (SSSR count). The van der Waals surface area contributed by atoms with E-state index in [1.54, 1.807) is 0 Å². The zero-order chi connectivity index (χ0) is 18.7. The lowest BCUT2D eigenvalue weighted by Crippen LogP contribution is -2.62. The molecule has 0 amide bonds. The summed E-state index contributed by atoms with van der Waals surface area (Å²) in [5, 5.41) is 55.7. The summed E-state index contributed by atoms with van der Waals surface area (Å²) in [7, 11) is 0. The summed E-state index contributed by atoms with van der Waals surface area (Å²) >= 11 is 0. The van der Waals surface area contributed by atoms with E-state index in [2.05, 4.69) is 10.3 Å². The van der Waals surface area contributed by atoms with Crippen LogP contribution in [0.2, 0.25) is 0 Å². The highest BCUT2D eigenvalue weighted by atomic mass is 16.7. The van der Waals surface area contributed by atoms with Crippen LogP contribution in [0.25, 0.3) is 0 Å². The number of aliphatic imine (C=N–C) groups is 1. The molecule has 4 N–H and O–H groups in total. The Bertz CT molecular complexity index is 619. The number of nitrogens with zero attached hydrogens (tertiary/aromatic N) is 4. The lowest BCUT2D eigenvalue weighted by atomic mass is 9.99. The molecule has 2 aliphatic rings. The van der Waals surface area contributed by atoms with Crippen molar-refractivity contribution in [2.24, 2.45) is 4.99 Å². The monoisotopic (exact) mass is 376 g/mol. The summed E-state index contributed by atoms with van der Waals surface area (Å²) in [5.41, 5.74) is 0. The van der Waals surface area contributed by atoms with Crippen LogP contribution in [0.15, 0.2) is 15.7 Å². The van der Waals surface area contributed by atoms with E-state index >= 15 is 0 Å². The van der Waals surface area contributed by atoms with E-state index in [0.29, 0.717) is 26.3 Å². The van der Waals surface area contributed by atoms with E-state index in [1.165, 1.54) is 11.0 Å². The highest BCUT2D eigenvalue weighted by Gasteiger charge is 2.42. The van der Waals surface area contributed by atoms with Crippen LogP contribution < -0.4 is 14.9 Å². The number of morpholine rings is 1. The van der Waals surface area contributed by atoms with Gasteiger partial charge in [-0.3, -0.25) is 4.52 Å². The average Bonchev–Trinajstić information content (AvgIpc) is 3.11. The minimum absolute atomic E-state index is 0.147. The molecule has 0 aromatic carbocycles. The van der Waals surface area contributed by atoms with Gasteiger partial charge in [-0.2, -0.15) is 4.99 Å². The van der Waals surface area contributed by atoms with Crippen molar-refractivity contribution >= 4 is 12.0 Å². The van der Waals surface area contributed by atoms with Crippen LogP contribution in [-0.4, -0.2) is 95.4 Å². The van der Waals surface area contributed by atoms with Crippen LogP contribution in [0.5, 0.6) is 0 Å². The van der Waals surface area contributed by atoms with Crippen LogP contribution in [0.3, 0.4) is 0 Å². The molecule has 13 nitrogen and oxygen atoms in total. The topological polar surface area (TPSA) is 177 Å². The van der Waals surface area contributed by atoms with E-state index in [1.807, 2.05) is 5.01 Å². The van der Waals surface area contributed by atoms with Gasteiger partial charge in [0.25, 0.3) is 6.20 Å². The van der Waals surface area contributed by atoms with Crippen LogP contribution >= 0.6 is 0 Å². The Morgan fingerprint density at radius 1 is 1.31 bits per heavy atom. The molecule has 0 saturated carbocycles. The number of aliphatic hydroxyl groups is 4. The Balaban J connectivity index is 1.63. The molecule has 0 aliphatic carbocycles. The molecule has 3 heterocycles. The molecule has 2 aliphatic heterocycles. The van der Waals surface area contributed by atoms with Crippen molar-refractivity contribution in [2.45, 2.75) is 30.7 Å². The highest BCUT2D eigenvalue weighted by molar-refractivity contribution is 5.65. The van der Waals surface area contributed by atoms with Crippen molar-refractivity contribution in [1.29, 1.82) is 0 Å². The van der Waals surface area contributed by atoms with Crippen molar-refractivity contribution in [1.82, 2.24) is 5.27 Å². The molecule has 2 saturated heterocycles. The molecule has 2 fully saturated rings. The van der Waals surface area contributed by atoms with E-state index in [0.717, 1.165) is 0 Å². The van der Waals surface area contributed by atoms with Crippen LogP contribution in [-0.2, 0) is 14.2 Å². The molecule has 0 radical (unpaired) electrons. The molecule has 2 unspecified atom stereocenters. The first-order chi connectivity index (χ1) is 12.5. The van der Waals surface area contributed by atoms with Gasteiger partial charge in [0.1, 0.15) is 30.7 Å². The molecule has 1 aromatic rings. The number of aliphatic hydroxyl groups excluding tert-OH is 4. The van der Waals surface area contributed by atoms with E-state index in [-0.39, 0.29) is 5.88 Å². The molecule has 1 aromatic heterocycles. The zero-order valence-corrected chi connectivity index (χ0v) is 13.6. The first kappa shape index (κ1) is 18.8. The summed E-state index contributed by atoms with van der Waals surface area (Å²) in [5.74, 6) is -0.147. The normalized spacial score (nSPS) is 33.3. The zero-order valence-electron chi connectivity index (χ0n) is 13.6. The largest absolute Gasteiger partial charge is 0.570 e. The second kappa shape index (κ2) is 8.11. The van der Waals surface area contributed by atoms with Gasteiger partial charge in [0, 0.05) is 0 Å². The molecule has 0 spiro atoms. The molecule has 0 bridgehead atoms. The number of hydrogen-bond acceptors (Lipinski definition) is 12. The number of aromatic nitrogens is 2. The third-order valence-electron chi connectivity index (χ3n) is 3.99. The predicted molar refractivity (Wildman–Crippen MR) is 77.4 cm³/mol. The molecule has 13 heteroatoms. The minimum Gasteiger partial charge on any atom is -0.570 e. The molecule has 5 atom stereocenters. The molecular formula is C13H20N4O9. The van der Waals surface area contributed by atoms with Crippen molar-refractivity contribution in [3.05, 3.63) is 6.20 Å². The Morgan fingerprint density at radius 2 is 2.04 bits per heavy atom. The number of hydrogen-bond donors (Lipinski definition) is 4. The predicted octanol–water partition coefficient (Wildman–Crippen LogP) is -4.91. The van der Waals surface area contributed by atoms with Crippen molar-refractivity contribution < 1.29 is 49.1 Å². The third kappa shape index (κ3) is 4.03. The van der Waals surface area contributed by atoms with Crippen LogP contribution in [0.1, 0.15) is 0 Å². The Hall–Kier alpha value is -2.03. The Labute approximate surface area is 147 Å². The lowest BCUT2D eigenvalue weighted by Gasteiger charge is -2.42. The van der Waals surface area contributed by atoms with Crippen molar-refractivity contribution in [3.63, 3.8) is 0 Å². The summed E-state index contributed by atoms with van der Waals surface area (Å²) in [4.78, 5) is 4.91. The third-order valence-corrected chi connectivity index (χ3v) is 3.99. The van der Waals surface area contributed by atoms with Gasteiger partial charge in [-0.15, -0.1) is 5.01 Å². The summed E-state index contributed by atoms with van der Waals surface area (Å²) in [6.45, 7) is 1.60. The van der Waals surface area contributed by atoms with Gasteiger partial charge in [0.15, 0.2) is 6.08 Å². The molecule has 146 valence electrons. The van der Waals surface area contributed by atoms with Crippen LogP contribution in [0.4, 0.5) is 5.88 Å². The van der Waals surface area contributed by atoms with Gasteiger partial charge in [-0.25, -0.2) is 0 Å². The van der Waals surface area contributed by atoms with Crippen LogP contribution in [0, 0.1) is 0 Å². The van der Waals surface area contributed by atoms with Gasteiger partial charge in [0.2, 0.25) is 5.27 Å². The van der Waals surface area contributed by atoms with Gasteiger partial charge >= 0.3 is 5.88 Å². The van der Waals surface area contributed by atoms with Gasteiger partial charge in [-0.1, -0.05) is 0 Å². The first-order valence-corrected chi connectivity index (χ1v) is 7.94. The molecule has 26 heavy (non-hydrogen) atoms. The van der Waals surface area contributed by atoms with Crippen molar-refractivity contribution in [3.8, 4) is 0 Å². The van der Waals surface area contributed by atoms with Crippen molar-refractivity contribution in [2.75, 3.05) is 37.9 Å². The minimum atomic E-state index is -1.71. The van der Waals surface area contributed by atoms with E-state index in [9.17, 15) is 20.4 Å². The highest BCUT2D eigenvalue weighted by Crippen LogP contribution is 2.22. The maximum Gasteiger partial charge on any atom is 0.326 e. The average molecular weight is 376 g/mol. The van der Waals surface area contributed by atoms with Gasteiger partial charge in [0.05, 0.1) is 37.7 Å². The fraction of sp³-hybridized carbons (Fsp3) is 0.769. The Kier molecular flexibility index (Phi) is 5.85. The molecular weight excluding hydrogens is 356 g/mol. The van der Waals surface area contributed by atoms with Gasteiger partial charge in [-0.05, 0) is 0 Å². The van der Waals surface area contributed by atoms with E-state index in [4.69, 9.17) is 23.8 Å². The number of ether oxygens (including phenoxy) is 3.